The first-order chi connectivity index (χ1) is 8.17. The first kappa shape index (κ1) is 14.1. The molecule has 0 amide bonds. The molecule has 1 unspecified atom stereocenters. The Morgan fingerprint density at radius 3 is 2.22 bits per heavy atom. The van der Waals surface area contributed by atoms with Gasteiger partial charge in [-0.3, -0.25) is 0 Å². The zero-order valence-corrected chi connectivity index (χ0v) is 10.6. The second-order valence-electron chi connectivity index (χ2n) is 5.06. The summed E-state index contributed by atoms with van der Waals surface area (Å²) in [7, 11) is -3.70. The predicted octanol–water partition coefficient (Wildman–Crippen LogP) is 1.26. The summed E-state index contributed by atoms with van der Waals surface area (Å²) in [6.07, 6.45) is -2.77. The van der Waals surface area contributed by atoms with Gasteiger partial charge in [0.1, 0.15) is 0 Å². The minimum Gasteiger partial charge on any atom is -0.379 e. The molecular weight excluding hydrogens is 271 g/mol. The van der Waals surface area contributed by atoms with Gasteiger partial charge < -0.3 is 5.11 Å². The zero-order chi connectivity index (χ0) is 13.6. The SMILES string of the molecule is O=S(=O)(C1CCCC1)N1CCC(O)(C(F)(F)F)C1. The molecule has 1 saturated heterocycles. The summed E-state index contributed by atoms with van der Waals surface area (Å²) in [6.45, 7) is -1.12. The van der Waals surface area contributed by atoms with Crippen molar-refractivity contribution in [3.8, 4) is 0 Å². The highest BCUT2D eigenvalue weighted by molar-refractivity contribution is 7.89. The van der Waals surface area contributed by atoms with E-state index >= 15 is 0 Å². The lowest BCUT2D eigenvalue weighted by atomic mass is 10.0. The number of aliphatic hydroxyl groups is 1. The molecular formula is C10H16F3NO3S. The summed E-state index contributed by atoms with van der Waals surface area (Å²) in [5.74, 6) is 0. The van der Waals surface area contributed by atoms with E-state index in [1.165, 1.54) is 0 Å². The Labute approximate surface area is 104 Å². The minimum atomic E-state index is -4.78. The van der Waals surface area contributed by atoms with Crippen LogP contribution in [-0.2, 0) is 10.0 Å². The van der Waals surface area contributed by atoms with Crippen LogP contribution in [0.4, 0.5) is 13.2 Å². The first-order valence-corrected chi connectivity index (χ1v) is 7.45. The van der Waals surface area contributed by atoms with Crippen molar-refractivity contribution in [2.45, 2.75) is 49.1 Å². The zero-order valence-electron chi connectivity index (χ0n) is 9.78. The van der Waals surface area contributed by atoms with E-state index in [9.17, 15) is 26.7 Å². The highest BCUT2D eigenvalue weighted by atomic mass is 32.2. The maximum atomic E-state index is 12.6. The molecule has 1 aliphatic heterocycles. The van der Waals surface area contributed by atoms with Gasteiger partial charge in [0, 0.05) is 13.0 Å². The van der Waals surface area contributed by atoms with E-state index in [4.69, 9.17) is 0 Å². The summed E-state index contributed by atoms with van der Waals surface area (Å²) in [5, 5.41) is 8.90. The lowest BCUT2D eigenvalue weighted by Gasteiger charge is -2.26. The number of β-amino-alcohol motifs (C(OH)–C–C–N with tert-alkyl or cyclic N) is 1. The Balaban J connectivity index is 2.13. The maximum absolute atomic E-state index is 12.6. The van der Waals surface area contributed by atoms with Gasteiger partial charge in [0.15, 0.2) is 5.60 Å². The van der Waals surface area contributed by atoms with Crippen molar-refractivity contribution in [2.75, 3.05) is 13.1 Å². The Hall–Kier alpha value is -0.340. The van der Waals surface area contributed by atoms with E-state index < -0.39 is 40.0 Å². The predicted molar refractivity (Wildman–Crippen MR) is 58.4 cm³/mol. The molecule has 0 bridgehead atoms. The molecule has 2 rings (SSSR count). The van der Waals surface area contributed by atoms with Crippen molar-refractivity contribution in [1.29, 1.82) is 0 Å². The van der Waals surface area contributed by atoms with Gasteiger partial charge in [-0.1, -0.05) is 12.8 Å². The summed E-state index contributed by atoms with van der Waals surface area (Å²) >= 11 is 0. The number of halogens is 3. The van der Waals surface area contributed by atoms with Crippen LogP contribution in [-0.4, -0.2) is 47.9 Å². The van der Waals surface area contributed by atoms with Gasteiger partial charge in [-0.2, -0.15) is 17.5 Å². The first-order valence-electron chi connectivity index (χ1n) is 5.95. The van der Waals surface area contributed by atoms with E-state index in [1.807, 2.05) is 0 Å². The topological polar surface area (TPSA) is 57.6 Å². The van der Waals surface area contributed by atoms with Crippen LogP contribution < -0.4 is 0 Å². The number of rotatable bonds is 2. The van der Waals surface area contributed by atoms with Gasteiger partial charge in [0.2, 0.25) is 10.0 Å². The number of alkyl halides is 3. The van der Waals surface area contributed by atoms with Crippen molar-refractivity contribution in [3.05, 3.63) is 0 Å². The van der Waals surface area contributed by atoms with Crippen molar-refractivity contribution in [3.63, 3.8) is 0 Å². The molecule has 0 radical (unpaired) electrons. The van der Waals surface area contributed by atoms with Gasteiger partial charge >= 0.3 is 6.18 Å². The third kappa shape index (κ3) is 2.25. The van der Waals surface area contributed by atoms with Crippen molar-refractivity contribution in [1.82, 2.24) is 4.31 Å². The van der Waals surface area contributed by atoms with E-state index in [0.717, 1.165) is 17.1 Å². The number of sulfonamides is 1. The standard InChI is InChI=1S/C10H16F3NO3S/c11-10(12,13)9(15)5-6-14(7-9)18(16,17)8-3-1-2-4-8/h8,15H,1-7H2. The molecule has 4 nitrogen and oxygen atoms in total. The third-order valence-electron chi connectivity index (χ3n) is 3.82. The molecule has 1 heterocycles. The maximum Gasteiger partial charge on any atom is 0.418 e. The molecule has 1 N–H and O–H groups in total. The molecule has 8 heteroatoms. The normalized spacial score (nSPS) is 32.2. The molecule has 0 spiro atoms. The fourth-order valence-corrected chi connectivity index (χ4v) is 4.70. The van der Waals surface area contributed by atoms with Gasteiger partial charge in [-0.25, -0.2) is 8.42 Å². The van der Waals surface area contributed by atoms with Crippen LogP contribution in [0.25, 0.3) is 0 Å². The molecule has 1 aliphatic carbocycles. The summed E-state index contributed by atoms with van der Waals surface area (Å²) < 4.78 is 62.8. The third-order valence-corrected chi connectivity index (χ3v) is 6.17. The Morgan fingerprint density at radius 1 is 1.22 bits per heavy atom. The highest BCUT2D eigenvalue weighted by Gasteiger charge is 2.59. The Morgan fingerprint density at radius 2 is 1.78 bits per heavy atom. The van der Waals surface area contributed by atoms with Gasteiger partial charge in [0.25, 0.3) is 0 Å². The second-order valence-corrected chi connectivity index (χ2v) is 7.28. The lowest BCUT2D eigenvalue weighted by molar-refractivity contribution is -0.252. The summed E-state index contributed by atoms with van der Waals surface area (Å²) in [6, 6.07) is 0. The van der Waals surface area contributed by atoms with Gasteiger partial charge in [0.05, 0.1) is 11.8 Å². The number of nitrogens with zero attached hydrogens (tertiary/aromatic N) is 1. The minimum absolute atomic E-state index is 0.255. The van der Waals surface area contributed by atoms with Crippen molar-refractivity contribution in [2.24, 2.45) is 0 Å². The quantitative estimate of drug-likeness (QED) is 0.832. The second kappa shape index (κ2) is 4.35. The van der Waals surface area contributed by atoms with Gasteiger partial charge in [-0.15, -0.1) is 0 Å². The fourth-order valence-electron chi connectivity index (χ4n) is 2.61. The Kier molecular flexibility index (Phi) is 3.40. The fraction of sp³-hybridized carbons (Fsp3) is 1.00. The van der Waals surface area contributed by atoms with E-state index in [0.29, 0.717) is 12.8 Å². The lowest BCUT2D eigenvalue weighted by Crippen LogP contribution is -2.48. The van der Waals surface area contributed by atoms with Crippen molar-refractivity contribution < 1.29 is 26.7 Å². The smallest absolute Gasteiger partial charge is 0.379 e. The monoisotopic (exact) mass is 287 g/mol. The average molecular weight is 287 g/mol. The van der Waals surface area contributed by atoms with Crippen LogP contribution in [0.2, 0.25) is 0 Å². The summed E-state index contributed by atoms with van der Waals surface area (Å²) in [4.78, 5) is 0. The number of hydrogen-bond donors (Lipinski definition) is 1. The summed E-state index contributed by atoms with van der Waals surface area (Å²) in [5.41, 5.74) is -2.89. The average Bonchev–Trinajstić information content (AvgIpc) is 2.84. The molecule has 2 aliphatic rings. The molecule has 18 heavy (non-hydrogen) atoms. The Bertz CT molecular complexity index is 417. The molecule has 0 aromatic heterocycles. The van der Waals surface area contributed by atoms with Crippen LogP contribution in [0.5, 0.6) is 0 Å². The number of hydrogen-bond acceptors (Lipinski definition) is 3. The molecule has 0 aromatic rings. The van der Waals surface area contributed by atoms with Crippen molar-refractivity contribution >= 4 is 10.0 Å². The molecule has 1 saturated carbocycles. The van der Waals surface area contributed by atoms with Crippen LogP contribution in [0.3, 0.4) is 0 Å². The van der Waals surface area contributed by atoms with Crippen LogP contribution in [0, 0.1) is 0 Å². The molecule has 106 valence electrons. The largest absolute Gasteiger partial charge is 0.418 e. The van der Waals surface area contributed by atoms with E-state index in [-0.39, 0.29) is 6.54 Å². The van der Waals surface area contributed by atoms with E-state index in [2.05, 4.69) is 0 Å². The highest BCUT2D eigenvalue weighted by Crippen LogP contribution is 2.40. The molecule has 1 atom stereocenters. The van der Waals surface area contributed by atoms with E-state index in [1.54, 1.807) is 0 Å². The molecule has 0 aromatic carbocycles. The van der Waals surface area contributed by atoms with Gasteiger partial charge in [-0.05, 0) is 12.8 Å². The van der Waals surface area contributed by atoms with Crippen LogP contribution in [0.15, 0.2) is 0 Å². The molecule has 2 fully saturated rings. The van der Waals surface area contributed by atoms with Crippen LogP contribution >= 0.6 is 0 Å². The van der Waals surface area contributed by atoms with Crippen LogP contribution in [0.1, 0.15) is 32.1 Å².